The van der Waals surface area contributed by atoms with E-state index < -0.39 is 0 Å². The van der Waals surface area contributed by atoms with Gasteiger partial charge in [-0.3, -0.25) is 0 Å². The van der Waals surface area contributed by atoms with Crippen LogP contribution in [0.2, 0.25) is 0 Å². The summed E-state index contributed by atoms with van der Waals surface area (Å²) in [7, 11) is 0. The molecule has 0 fully saturated rings. The third-order valence-corrected chi connectivity index (χ3v) is 3.78. The van der Waals surface area contributed by atoms with Gasteiger partial charge in [-0.2, -0.15) is 0 Å². The Kier molecular flexibility index (Phi) is 5.39. The molecule has 3 rings (SSSR count). The first kappa shape index (κ1) is 17.4. The number of ether oxygens (including phenoxy) is 2. The van der Waals surface area contributed by atoms with Gasteiger partial charge >= 0.3 is 5.97 Å². The monoisotopic (exact) mass is 348 g/mol. The van der Waals surface area contributed by atoms with Crippen molar-refractivity contribution in [2.75, 3.05) is 18.1 Å². The van der Waals surface area contributed by atoms with Crippen LogP contribution >= 0.6 is 0 Å². The normalized spacial score (nSPS) is 13.4. The topological polar surface area (TPSA) is 87.6 Å². The smallest absolute Gasteiger partial charge is 0.339 e. The number of anilines is 2. The van der Waals surface area contributed by atoms with Crippen molar-refractivity contribution in [3.63, 3.8) is 0 Å². The van der Waals surface area contributed by atoms with Crippen molar-refractivity contribution in [1.29, 1.82) is 0 Å². The van der Waals surface area contributed by atoms with Gasteiger partial charge in [0.2, 0.25) is 0 Å². The lowest BCUT2D eigenvalue weighted by Gasteiger charge is -2.09. The van der Waals surface area contributed by atoms with Gasteiger partial charge in [-0.05, 0) is 66.6 Å². The summed E-state index contributed by atoms with van der Waals surface area (Å²) in [5.74, 6) is 0.786. The van der Waals surface area contributed by atoms with E-state index in [1.54, 1.807) is 42.5 Å². The van der Waals surface area contributed by atoms with E-state index in [0.717, 1.165) is 5.57 Å². The van der Waals surface area contributed by atoms with Crippen LogP contribution in [-0.4, -0.2) is 12.6 Å². The van der Waals surface area contributed by atoms with Crippen LogP contribution < -0.4 is 20.9 Å². The highest BCUT2D eigenvalue weighted by molar-refractivity contribution is 5.91. The Balaban J connectivity index is 1.66. The van der Waals surface area contributed by atoms with Crippen LogP contribution in [0, 0.1) is 0 Å². The Morgan fingerprint density at radius 2 is 1.54 bits per heavy atom. The molecule has 4 N–H and O–H groups in total. The van der Waals surface area contributed by atoms with Crippen molar-refractivity contribution >= 4 is 17.3 Å². The molecule has 132 valence electrons. The lowest BCUT2D eigenvalue weighted by Crippen LogP contribution is -2.12. The molecule has 0 aromatic heterocycles. The lowest BCUT2D eigenvalue weighted by molar-refractivity contribution is -0.130. The molecule has 0 saturated carbocycles. The predicted molar refractivity (Wildman–Crippen MR) is 103 cm³/mol. The van der Waals surface area contributed by atoms with Crippen molar-refractivity contribution in [2.24, 2.45) is 0 Å². The molecule has 0 radical (unpaired) electrons. The van der Waals surface area contributed by atoms with E-state index in [0.29, 0.717) is 41.5 Å². The van der Waals surface area contributed by atoms with E-state index in [1.165, 1.54) is 0 Å². The average Bonchev–Trinajstić information content (AvgIpc) is 2.89. The summed E-state index contributed by atoms with van der Waals surface area (Å²) in [6.07, 6.45) is 8.03. The van der Waals surface area contributed by atoms with E-state index in [1.807, 2.05) is 30.4 Å². The molecule has 5 nitrogen and oxygen atoms in total. The third kappa shape index (κ3) is 4.77. The Morgan fingerprint density at radius 1 is 0.923 bits per heavy atom. The van der Waals surface area contributed by atoms with Gasteiger partial charge in [0, 0.05) is 16.9 Å². The minimum absolute atomic E-state index is 0.340. The Bertz CT molecular complexity index is 863. The zero-order valence-electron chi connectivity index (χ0n) is 14.2. The largest absolute Gasteiger partial charge is 0.489 e. The van der Waals surface area contributed by atoms with Crippen molar-refractivity contribution < 1.29 is 14.3 Å². The molecule has 0 atom stereocenters. The van der Waals surface area contributed by atoms with Crippen LogP contribution in [0.25, 0.3) is 0 Å². The third-order valence-electron chi connectivity index (χ3n) is 3.78. The van der Waals surface area contributed by atoms with Gasteiger partial charge in [0.1, 0.15) is 18.1 Å². The molecule has 0 unspecified atom stereocenters. The summed E-state index contributed by atoms with van der Waals surface area (Å²) in [6, 6.07) is 13.9. The van der Waals surface area contributed by atoms with Gasteiger partial charge in [-0.1, -0.05) is 18.2 Å². The number of hydrogen-bond acceptors (Lipinski definition) is 5. The first-order valence-corrected chi connectivity index (χ1v) is 8.22. The highest BCUT2D eigenvalue weighted by atomic mass is 16.5. The summed E-state index contributed by atoms with van der Waals surface area (Å²) in [6.45, 7) is 0.340. The molecule has 5 heteroatoms. The summed E-state index contributed by atoms with van der Waals surface area (Å²) in [5, 5.41) is 0. The molecular formula is C21H20N2O3. The average molecular weight is 348 g/mol. The first-order valence-electron chi connectivity index (χ1n) is 8.22. The zero-order chi connectivity index (χ0) is 18.4. The van der Waals surface area contributed by atoms with E-state index in [9.17, 15) is 4.79 Å². The van der Waals surface area contributed by atoms with E-state index in [-0.39, 0.29) is 5.97 Å². The second-order valence-corrected chi connectivity index (χ2v) is 5.86. The number of allylic oxidation sites excluding steroid dienone is 3. The fourth-order valence-electron chi connectivity index (χ4n) is 2.39. The quantitative estimate of drug-likeness (QED) is 0.489. The molecule has 1 aliphatic carbocycles. The summed E-state index contributed by atoms with van der Waals surface area (Å²) in [5.41, 5.74) is 14.0. The van der Waals surface area contributed by atoms with Gasteiger partial charge in [0.15, 0.2) is 0 Å². The molecule has 0 amide bonds. The zero-order valence-corrected chi connectivity index (χ0v) is 14.2. The van der Waals surface area contributed by atoms with Crippen LogP contribution in [-0.2, 0) is 4.79 Å². The van der Waals surface area contributed by atoms with Gasteiger partial charge in [0.05, 0.1) is 0 Å². The Morgan fingerprint density at radius 3 is 2.19 bits per heavy atom. The molecule has 0 bridgehead atoms. The summed E-state index contributed by atoms with van der Waals surface area (Å²) >= 11 is 0. The fourth-order valence-corrected chi connectivity index (χ4v) is 2.39. The number of hydrogen-bond donors (Lipinski definition) is 2. The number of rotatable bonds is 5. The molecule has 26 heavy (non-hydrogen) atoms. The molecule has 0 saturated heterocycles. The van der Waals surface area contributed by atoms with Crippen molar-refractivity contribution in [3.05, 3.63) is 84.0 Å². The molecule has 0 heterocycles. The minimum Gasteiger partial charge on any atom is -0.489 e. The second-order valence-electron chi connectivity index (χ2n) is 5.86. The highest BCUT2D eigenvalue weighted by Gasteiger charge is 2.13. The van der Waals surface area contributed by atoms with E-state index in [4.69, 9.17) is 20.9 Å². The van der Waals surface area contributed by atoms with Crippen LogP contribution in [0.15, 0.2) is 84.0 Å². The van der Waals surface area contributed by atoms with Crippen molar-refractivity contribution in [1.82, 2.24) is 0 Å². The summed E-state index contributed by atoms with van der Waals surface area (Å²) in [4.78, 5) is 12.4. The highest BCUT2D eigenvalue weighted by Crippen LogP contribution is 2.20. The summed E-state index contributed by atoms with van der Waals surface area (Å²) < 4.78 is 11.2. The SMILES string of the molecule is Nc1ccc(OCC2=CC=CCC(C(=O)Oc3ccc(N)cc3)=C2)cc1. The standard InChI is InChI=1S/C21H20N2O3/c22-17-5-9-19(10-6-17)25-14-15-3-1-2-4-16(13-15)21(24)26-20-11-7-18(23)8-12-20/h1-3,5-13H,4,14,22-23H2. The number of benzene rings is 2. The Labute approximate surface area is 152 Å². The lowest BCUT2D eigenvalue weighted by atomic mass is 10.1. The number of carbonyl (C=O) groups excluding carboxylic acids is 1. The first-order chi connectivity index (χ1) is 12.6. The number of esters is 1. The molecular weight excluding hydrogens is 328 g/mol. The van der Waals surface area contributed by atoms with Crippen LogP contribution in [0.3, 0.4) is 0 Å². The van der Waals surface area contributed by atoms with Gasteiger partial charge in [-0.15, -0.1) is 0 Å². The van der Waals surface area contributed by atoms with E-state index >= 15 is 0 Å². The van der Waals surface area contributed by atoms with E-state index in [2.05, 4.69) is 0 Å². The number of nitrogens with two attached hydrogens (primary N) is 2. The number of nitrogen functional groups attached to an aromatic ring is 2. The maximum absolute atomic E-state index is 12.4. The number of carbonyl (C=O) groups is 1. The maximum atomic E-state index is 12.4. The van der Waals surface area contributed by atoms with Gasteiger partial charge in [0.25, 0.3) is 0 Å². The maximum Gasteiger partial charge on any atom is 0.339 e. The molecule has 0 spiro atoms. The van der Waals surface area contributed by atoms with Crippen molar-refractivity contribution in [2.45, 2.75) is 6.42 Å². The van der Waals surface area contributed by atoms with Crippen LogP contribution in [0.1, 0.15) is 6.42 Å². The minimum atomic E-state index is -0.389. The molecule has 1 aliphatic rings. The fraction of sp³-hybridized carbons (Fsp3) is 0.0952. The van der Waals surface area contributed by atoms with Crippen LogP contribution in [0.4, 0.5) is 11.4 Å². The Hall–Kier alpha value is -3.47. The molecule has 0 aliphatic heterocycles. The van der Waals surface area contributed by atoms with Crippen LogP contribution in [0.5, 0.6) is 11.5 Å². The molecule has 2 aromatic carbocycles. The van der Waals surface area contributed by atoms with Gasteiger partial charge < -0.3 is 20.9 Å². The van der Waals surface area contributed by atoms with Gasteiger partial charge in [-0.25, -0.2) is 4.79 Å². The molecule has 2 aromatic rings. The van der Waals surface area contributed by atoms with Crippen molar-refractivity contribution in [3.8, 4) is 11.5 Å². The predicted octanol–water partition coefficient (Wildman–Crippen LogP) is 3.65. The second kappa shape index (κ2) is 8.07.